The number of ether oxygens (including phenoxy) is 1. The lowest BCUT2D eigenvalue weighted by molar-refractivity contribution is -0.142. The minimum absolute atomic E-state index is 0.116. The first kappa shape index (κ1) is 33.9. The number of nitrogens with zero attached hydrogens (tertiary/aromatic N) is 2. The van der Waals surface area contributed by atoms with E-state index in [1.165, 1.54) is 4.90 Å². The number of nitrogens with one attached hydrogen (secondary N) is 3. The number of alkyl carbamates (subject to hydrolysis) is 1. The van der Waals surface area contributed by atoms with Gasteiger partial charge in [0.15, 0.2) is 0 Å². The zero-order valence-electron chi connectivity index (χ0n) is 28.1. The maximum Gasteiger partial charge on any atom is 0.407 e. The Balaban J connectivity index is 1.27. The fourth-order valence-corrected chi connectivity index (χ4v) is 6.57. The van der Waals surface area contributed by atoms with E-state index in [0.717, 1.165) is 47.1 Å². The largest absolute Gasteiger partial charge is 0.449 e. The topological polar surface area (TPSA) is 129 Å². The van der Waals surface area contributed by atoms with Crippen molar-refractivity contribution < 1.29 is 23.9 Å². The Hall–Kier alpha value is -4.47. The second-order valence-corrected chi connectivity index (χ2v) is 13.9. The average molecular weight is 642 g/mol. The summed E-state index contributed by atoms with van der Waals surface area (Å²) in [6, 6.07) is 13.9. The molecule has 47 heavy (non-hydrogen) atoms. The smallest absolute Gasteiger partial charge is 0.407 e. The monoisotopic (exact) mass is 641 g/mol. The van der Waals surface area contributed by atoms with Crippen LogP contribution in [-0.4, -0.2) is 78.8 Å². The van der Waals surface area contributed by atoms with E-state index in [1.807, 2.05) is 64.1 Å². The van der Waals surface area contributed by atoms with Crippen LogP contribution in [0.1, 0.15) is 76.8 Å². The third kappa shape index (κ3) is 7.58. The fourth-order valence-electron chi connectivity index (χ4n) is 6.57. The second-order valence-electron chi connectivity index (χ2n) is 13.9. The molecule has 0 bridgehead atoms. The first-order valence-electron chi connectivity index (χ1n) is 16.6. The Labute approximate surface area is 277 Å². The molecule has 1 saturated heterocycles. The fraction of sp³-hybridized carbons (Fsp3) is 0.486. The highest BCUT2D eigenvalue weighted by Crippen LogP contribution is 2.44. The summed E-state index contributed by atoms with van der Waals surface area (Å²) >= 11 is 0. The summed E-state index contributed by atoms with van der Waals surface area (Å²) < 4.78 is 5.78. The van der Waals surface area contributed by atoms with Crippen LogP contribution >= 0.6 is 0 Å². The summed E-state index contributed by atoms with van der Waals surface area (Å²) in [4.78, 5) is 59.8. The van der Waals surface area contributed by atoms with E-state index >= 15 is 0 Å². The molecule has 250 valence electrons. The van der Waals surface area contributed by atoms with E-state index in [4.69, 9.17) is 4.74 Å². The summed E-state index contributed by atoms with van der Waals surface area (Å²) in [5.41, 5.74) is 4.75. The lowest BCUT2D eigenvalue weighted by Gasteiger charge is -2.35. The van der Waals surface area contributed by atoms with Crippen LogP contribution in [0.2, 0.25) is 0 Å². The number of hydrogen-bond donors (Lipinski definition) is 3. The lowest BCUT2D eigenvalue weighted by atomic mass is 9.85. The van der Waals surface area contributed by atoms with Gasteiger partial charge in [-0.15, -0.1) is 0 Å². The van der Waals surface area contributed by atoms with Crippen LogP contribution in [0.15, 0.2) is 65.7 Å². The Bertz CT molecular complexity index is 1530. The number of aliphatic imine (C=N–C) groups is 1. The highest BCUT2D eigenvalue weighted by molar-refractivity contribution is 6.41. The standard InChI is InChI=1S/C37H47N5O5/c1-7-12-29(31(38-6)34(44)39-23-17-18-23)40-33(43)30-19-22(2)20-42(30)35(45)32(37(3,4)5)41-36(46)47-21-28-26-15-10-8-13-24(26)25-14-9-11-16-27(25)28/h8-11,13-16,23,28-30,32H,2,7,12,17-21H2,1,3-6H3,(H,39,44)(H,40,43)(H,41,46)/t29-,30-,32+/m0/s1. The highest BCUT2D eigenvalue weighted by Gasteiger charge is 2.44. The average Bonchev–Trinajstić information content (AvgIpc) is 3.67. The second kappa shape index (κ2) is 14.1. The molecule has 0 aromatic heterocycles. The van der Waals surface area contributed by atoms with Crippen molar-refractivity contribution in [3.05, 3.63) is 71.8 Å². The predicted molar refractivity (Wildman–Crippen MR) is 182 cm³/mol. The molecule has 0 unspecified atom stereocenters. The zero-order valence-corrected chi connectivity index (χ0v) is 28.1. The number of likely N-dealkylation sites (tertiary alicyclic amines) is 1. The third-order valence-electron chi connectivity index (χ3n) is 9.17. The van der Waals surface area contributed by atoms with Gasteiger partial charge in [-0.05, 0) is 53.4 Å². The molecule has 0 radical (unpaired) electrons. The molecule has 10 heteroatoms. The molecule has 2 aromatic carbocycles. The van der Waals surface area contributed by atoms with Gasteiger partial charge in [0.05, 0.1) is 6.04 Å². The Kier molecular flexibility index (Phi) is 10.2. The number of hydrogen-bond acceptors (Lipinski definition) is 6. The van der Waals surface area contributed by atoms with Crippen molar-refractivity contribution >= 4 is 29.5 Å². The van der Waals surface area contributed by atoms with E-state index in [-0.39, 0.29) is 49.1 Å². The number of amides is 4. The number of benzene rings is 2. The van der Waals surface area contributed by atoms with Gasteiger partial charge in [0.1, 0.15) is 24.4 Å². The molecule has 0 spiro atoms. The minimum atomic E-state index is -0.970. The number of carbonyl (C=O) groups is 4. The molecule has 2 fully saturated rings. The quantitative estimate of drug-likeness (QED) is 0.241. The molecule has 5 rings (SSSR count). The van der Waals surface area contributed by atoms with Crippen LogP contribution in [0.4, 0.5) is 4.79 Å². The highest BCUT2D eigenvalue weighted by atomic mass is 16.5. The van der Waals surface area contributed by atoms with Gasteiger partial charge in [-0.2, -0.15) is 0 Å². The van der Waals surface area contributed by atoms with Crippen LogP contribution in [-0.2, 0) is 19.1 Å². The molecule has 3 atom stereocenters. The van der Waals surface area contributed by atoms with Crippen LogP contribution in [0.5, 0.6) is 0 Å². The van der Waals surface area contributed by atoms with Gasteiger partial charge in [0.25, 0.3) is 5.91 Å². The van der Waals surface area contributed by atoms with Crippen molar-refractivity contribution in [3.8, 4) is 11.1 Å². The predicted octanol–water partition coefficient (Wildman–Crippen LogP) is 4.73. The SMILES string of the molecule is C=C1C[C@@H](C(=O)N[C@@H](CCC)C(=NC)C(=O)NC2CC2)N(C(=O)[C@@H](NC(=O)OCC2c3ccccc3-c3ccccc32)C(C)(C)C)C1. The van der Waals surface area contributed by atoms with E-state index < -0.39 is 35.5 Å². The summed E-state index contributed by atoms with van der Waals surface area (Å²) in [5, 5.41) is 8.78. The van der Waals surface area contributed by atoms with Gasteiger partial charge >= 0.3 is 6.09 Å². The molecule has 2 aromatic rings. The minimum Gasteiger partial charge on any atom is -0.449 e. The van der Waals surface area contributed by atoms with Crippen LogP contribution in [0, 0.1) is 5.41 Å². The van der Waals surface area contributed by atoms with Crippen molar-refractivity contribution in [2.45, 2.75) is 89.9 Å². The summed E-state index contributed by atoms with van der Waals surface area (Å²) in [6.07, 6.45) is 2.70. The Morgan fingerprint density at radius 3 is 2.17 bits per heavy atom. The van der Waals surface area contributed by atoms with Crippen molar-refractivity contribution in [2.24, 2.45) is 10.4 Å². The Morgan fingerprint density at radius 2 is 1.62 bits per heavy atom. The van der Waals surface area contributed by atoms with Gasteiger partial charge in [0.2, 0.25) is 11.8 Å². The molecular formula is C37H47N5O5. The van der Waals surface area contributed by atoms with E-state index in [2.05, 4.69) is 39.7 Å². The molecule has 2 aliphatic carbocycles. The normalized spacial score (nSPS) is 19.0. The Morgan fingerprint density at radius 1 is 1.00 bits per heavy atom. The molecule has 3 aliphatic rings. The maximum absolute atomic E-state index is 14.2. The van der Waals surface area contributed by atoms with Crippen molar-refractivity contribution in [1.82, 2.24) is 20.9 Å². The van der Waals surface area contributed by atoms with Crippen molar-refractivity contribution in [1.29, 1.82) is 0 Å². The zero-order chi connectivity index (χ0) is 33.9. The molecular weight excluding hydrogens is 594 g/mol. The number of rotatable bonds is 11. The van der Waals surface area contributed by atoms with Crippen molar-refractivity contribution in [3.63, 3.8) is 0 Å². The molecule has 1 saturated carbocycles. The molecule has 1 heterocycles. The number of carbonyl (C=O) groups excluding carboxylic acids is 4. The van der Waals surface area contributed by atoms with Crippen LogP contribution in [0.25, 0.3) is 11.1 Å². The molecule has 10 nitrogen and oxygen atoms in total. The van der Waals surface area contributed by atoms with Gasteiger partial charge in [-0.1, -0.05) is 94.8 Å². The maximum atomic E-state index is 14.2. The first-order chi connectivity index (χ1) is 22.4. The van der Waals surface area contributed by atoms with Gasteiger partial charge in [0, 0.05) is 25.6 Å². The van der Waals surface area contributed by atoms with E-state index in [0.29, 0.717) is 6.42 Å². The van der Waals surface area contributed by atoms with Gasteiger partial charge in [-0.3, -0.25) is 19.4 Å². The lowest BCUT2D eigenvalue weighted by Crippen LogP contribution is -2.59. The molecule has 1 aliphatic heterocycles. The summed E-state index contributed by atoms with van der Waals surface area (Å²) in [5.74, 6) is -1.18. The van der Waals surface area contributed by atoms with Gasteiger partial charge in [-0.25, -0.2) is 4.79 Å². The van der Waals surface area contributed by atoms with E-state index in [9.17, 15) is 19.2 Å². The third-order valence-corrected chi connectivity index (χ3v) is 9.17. The van der Waals surface area contributed by atoms with Crippen molar-refractivity contribution in [2.75, 3.05) is 20.2 Å². The van der Waals surface area contributed by atoms with Crippen LogP contribution < -0.4 is 16.0 Å². The summed E-state index contributed by atoms with van der Waals surface area (Å²) in [6.45, 7) is 11.9. The van der Waals surface area contributed by atoms with E-state index in [1.54, 1.807) is 7.05 Å². The van der Waals surface area contributed by atoms with Crippen LogP contribution in [0.3, 0.4) is 0 Å². The van der Waals surface area contributed by atoms with Gasteiger partial charge < -0.3 is 25.6 Å². The summed E-state index contributed by atoms with van der Waals surface area (Å²) in [7, 11) is 1.55. The number of fused-ring (bicyclic) bond motifs is 3. The first-order valence-corrected chi connectivity index (χ1v) is 16.6. The molecule has 4 amide bonds. The molecule has 3 N–H and O–H groups in total.